The van der Waals surface area contributed by atoms with Gasteiger partial charge in [0.15, 0.2) is 5.82 Å². The number of nitrogens with zero attached hydrogens (tertiary/aromatic N) is 5. The molecular formula is C14H18ClN5. The summed E-state index contributed by atoms with van der Waals surface area (Å²) < 4.78 is 1.73. The topological polar surface area (TPSA) is 46.8 Å². The second-order valence-electron chi connectivity index (χ2n) is 5.47. The minimum atomic E-state index is 0.0938. The number of tetrazole rings is 1. The highest BCUT2D eigenvalue weighted by molar-refractivity contribution is 6.30. The van der Waals surface area contributed by atoms with E-state index in [1.165, 1.54) is 12.0 Å². The van der Waals surface area contributed by atoms with Crippen LogP contribution in [0.5, 0.6) is 0 Å². The Morgan fingerprint density at radius 1 is 1.30 bits per heavy atom. The molecule has 1 fully saturated rings. The van der Waals surface area contributed by atoms with Crippen LogP contribution in [0.25, 0.3) is 0 Å². The molecule has 1 heterocycles. The van der Waals surface area contributed by atoms with Crippen LogP contribution in [-0.2, 0) is 19.1 Å². The third-order valence-corrected chi connectivity index (χ3v) is 4.63. The first-order valence-electron chi connectivity index (χ1n) is 6.80. The molecule has 1 aliphatic rings. The SMILES string of the molecule is CN(Cc1nnnn1C)C1(c2ccc(Cl)cc2)CCC1. The van der Waals surface area contributed by atoms with E-state index in [9.17, 15) is 0 Å². The van der Waals surface area contributed by atoms with E-state index in [4.69, 9.17) is 11.6 Å². The molecule has 1 aliphatic carbocycles. The Bertz CT molecular complexity index is 588. The fourth-order valence-corrected chi connectivity index (χ4v) is 3.03. The summed E-state index contributed by atoms with van der Waals surface area (Å²) in [7, 11) is 4.02. The van der Waals surface area contributed by atoms with Crippen LogP contribution in [0.2, 0.25) is 5.02 Å². The van der Waals surface area contributed by atoms with Crippen molar-refractivity contribution in [1.82, 2.24) is 25.1 Å². The van der Waals surface area contributed by atoms with E-state index in [1.54, 1.807) is 4.68 Å². The van der Waals surface area contributed by atoms with Gasteiger partial charge in [-0.1, -0.05) is 23.7 Å². The van der Waals surface area contributed by atoms with Gasteiger partial charge in [-0.2, -0.15) is 0 Å². The van der Waals surface area contributed by atoms with Gasteiger partial charge in [-0.15, -0.1) is 5.10 Å². The summed E-state index contributed by atoms with van der Waals surface area (Å²) in [6.45, 7) is 0.742. The molecular weight excluding hydrogens is 274 g/mol. The molecule has 20 heavy (non-hydrogen) atoms. The van der Waals surface area contributed by atoms with Gasteiger partial charge >= 0.3 is 0 Å². The van der Waals surface area contributed by atoms with Crippen LogP contribution in [0.15, 0.2) is 24.3 Å². The van der Waals surface area contributed by atoms with Crippen LogP contribution >= 0.6 is 11.6 Å². The van der Waals surface area contributed by atoms with E-state index in [0.717, 1.165) is 30.2 Å². The Hall–Kier alpha value is -1.46. The Balaban J connectivity index is 1.85. The van der Waals surface area contributed by atoms with Gasteiger partial charge in [-0.25, -0.2) is 4.68 Å². The van der Waals surface area contributed by atoms with Crippen LogP contribution < -0.4 is 0 Å². The third-order valence-electron chi connectivity index (χ3n) is 4.38. The monoisotopic (exact) mass is 291 g/mol. The maximum Gasteiger partial charge on any atom is 0.165 e. The zero-order valence-corrected chi connectivity index (χ0v) is 12.5. The van der Waals surface area contributed by atoms with Gasteiger partial charge in [0.25, 0.3) is 0 Å². The molecule has 1 aromatic heterocycles. The van der Waals surface area contributed by atoms with E-state index in [0.29, 0.717) is 0 Å². The molecule has 0 unspecified atom stereocenters. The van der Waals surface area contributed by atoms with Crippen LogP contribution in [0.4, 0.5) is 0 Å². The summed E-state index contributed by atoms with van der Waals surface area (Å²) >= 11 is 5.99. The molecule has 0 spiro atoms. The molecule has 3 rings (SSSR count). The highest BCUT2D eigenvalue weighted by atomic mass is 35.5. The van der Waals surface area contributed by atoms with Crippen molar-refractivity contribution in [3.8, 4) is 0 Å². The van der Waals surface area contributed by atoms with Gasteiger partial charge in [0.1, 0.15) is 0 Å². The molecule has 0 N–H and O–H groups in total. The lowest BCUT2D eigenvalue weighted by molar-refractivity contribution is 0.0251. The standard InChI is InChI=1S/C14H18ClN5/c1-19(10-13-16-17-18-20(13)2)14(8-3-9-14)11-4-6-12(15)7-5-11/h4-7H,3,8-10H2,1-2H3. The highest BCUT2D eigenvalue weighted by Crippen LogP contribution is 2.46. The molecule has 106 valence electrons. The minimum Gasteiger partial charge on any atom is -0.289 e. The lowest BCUT2D eigenvalue weighted by Gasteiger charge is -2.49. The Kier molecular flexibility index (Phi) is 3.48. The summed E-state index contributed by atoms with van der Waals surface area (Å²) in [6, 6.07) is 8.20. The summed E-state index contributed by atoms with van der Waals surface area (Å²) in [5, 5.41) is 12.5. The van der Waals surface area contributed by atoms with Gasteiger partial charge in [-0.05, 0) is 54.4 Å². The van der Waals surface area contributed by atoms with Crippen molar-refractivity contribution in [1.29, 1.82) is 0 Å². The maximum absolute atomic E-state index is 5.99. The van der Waals surface area contributed by atoms with Gasteiger partial charge in [0, 0.05) is 17.6 Å². The minimum absolute atomic E-state index is 0.0938. The third kappa shape index (κ3) is 2.21. The molecule has 0 bridgehead atoms. The lowest BCUT2D eigenvalue weighted by atomic mass is 9.70. The van der Waals surface area contributed by atoms with Gasteiger partial charge < -0.3 is 0 Å². The van der Waals surface area contributed by atoms with Crippen LogP contribution in [0, 0.1) is 0 Å². The second kappa shape index (κ2) is 5.14. The molecule has 0 radical (unpaired) electrons. The first-order valence-corrected chi connectivity index (χ1v) is 7.18. The van der Waals surface area contributed by atoms with Crippen LogP contribution in [0.3, 0.4) is 0 Å². The predicted octanol–water partition coefficient (Wildman–Crippen LogP) is 2.37. The van der Waals surface area contributed by atoms with Crippen molar-refractivity contribution in [2.45, 2.75) is 31.3 Å². The number of halogens is 1. The number of rotatable bonds is 4. The average Bonchev–Trinajstić information content (AvgIpc) is 2.76. The summed E-state index contributed by atoms with van der Waals surface area (Å²) in [4.78, 5) is 2.35. The Morgan fingerprint density at radius 3 is 2.50 bits per heavy atom. The van der Waals surface area contributed by atoms with Crippen molar-refractivity contribution < 1.29 is 0 Å². The molecule has 0 aliphatic heterocycles. The zero-order valence-electron chi connectivity index (χ0n) is 11.8. The Labute approximate surface area is 123 Å². The molecule has 0 atom stereocenters. The van der Waals surface area contributed by atoms with Gasteiger partial charge in [0.05, 0.1) is 6.54 Å². The van der Waals surface area contributed by atoms with E-state index < -0.39 is 0 Å². The molecule has 0 saturated heterocycles. The molecule has 1 aromatic carbocycles. The maximum atomic E-state index is 5.99. The van der Waals surface area contributed by atoms with Crippen LogP contribution in [-0.4, -0.2) is 32.2 Å². The van der Waals surface area contributed by atoms with E-state index in [-0.39, 0.29) is 5.54 Å². The van der Waals surface area contributed by atoms with Crippen molar-refractivity contribution in [2.75, 3.05) is 7.05 Å². The van der Waals surface area contributed by atoms with E-state index in [1.807, 2.05) is 19.2 Å². The van der Waals surface area contributed by atoms with Crippen molar-refractivity contribution in [3.63, 3.8) is 0 Å². The number of hydrogen-bond donors (Lipinski definition) is 0. The smallest absolute Gasteiger partial charge is 0.165 e. The van der Waals surface area contributed by atoms with Crippen molar-refractivity contribution in [2.24, 2.45) is 7.05 Å². The van der Waals surface area contributed by atoms with E-state index >= 15 is 0 Å². The molecule has 2 aromatic rings. The summed E-state index contributed by atoms with van der Waals surface area (Å²) in [5.74, 6) is 0.882. The van der Waals surface area contributed by atoms with Crippen molar-refractivity contribution >= 4 is 11.6 Å². The average molecular weight is 292 g/mol. The second-order valence-corrected chi connectivity index (χ2v) is 5.90. The summed E-state index contributed by atoms with van der Waals surface area (Å²) in [5.41, 5.74) is 1.42. The zero-order chi connectivity index (χ0) is 14.2. The number of benzene rings is 1. The molecule has 1 saturated carbocycles. The quantitative estimate of drug-likeness (QED) is 0.868. The largest absolute Gasteiger partial charge is 0.289 e. The predicted molar refractivity (Wildman–Crippen MR) is 77.2 cm³/mol. The lowest BCUT2D eigenvalue weighted by Crippen LogP contribution is -2.49. The van der Waals surface area contributed by atoms with Crippen molar-refractivity contribution in [3.05, 3.63) is 40.7 Å². The molecule has 5 nitrogen and oxygen atoms in total. The van der Waals surface area contributed by atoms with Gasteiger partial charge in [0.2, 0.25) is 0 Å². The van der Waals surface area contributed by atoms with E-state index in [2.05, 4.69) is 39.6 Å². The first-order chi connectivity index (χ1) is 9.62. The number of aromatic nitrogens is 4. The number of aryl methyl sites for hydroxylation is 1. The van der Waals surface area contributed by atoms with Crippen LogP contribution in [0.1, 0.15) is 30.7 Å². The number of hydrogen-bond acceptors (Lipinski definition) is 4. The molecule has 6 heteroatoms. The highest BCUT2D eigenvalue weighted by Gasteiger charge is 2.42. The van der Waals surface area contributed by atoms with Gasteiger partial charge in [-0.3, -0.25) is 4.90 Å². The summed E-state index contributed by atoms with van der Waals surface area (Å²) in [6.07, 6.45) is 3.58. The fraction of sp³-hybridized carbons (Fsp3) is 0.500. The normalized spacial score (nSPS) is 17.2. The fourth-order valence-electron chi connectivity index (χ4n) is 2.91. The first kappa shape index (κ1) is 13.5. The molecule has 0 amide bonds. The Morgan fingerprint density at radius 2 is 2.00 bits per heavy atom.